The van der Waals surface area contributed by atoms with Crippen molar-refractivity contribution in [3.8, 4) is 0 Å². The SMILES string of the molecule is Cc1ccccc1C(=O)NCCC[NH+]1C=CN=C1. The van der Waals surface area contributed by atoms with Crippen molar-refractivity contribution in [2.24, 2.45) is 4.99 Å². The van der Waals surface area contributed by atoms with Crippen molar-refractivity contribution < 1.29 is 9.69 Å². The molecule has 0 spiro atoms. The van der Waals surface area contributed by atoms with E-state index in [1.54, 1.807) is 6.20 Å². The number of quaternary nitrogens is 1. The third-order valence-electron chi connectivity index (χ3n) is 2.93. The Bertz CT molecular complexity index is 468. The normalized spacial score (nSPS) is 17.1. The molecule has 1 aliphatic rings. The van der Waals surface area contributed by atoms with E-state index in [0.717, 1.165) is 24.1 Å². The molecule has 1 unspecified atom stereocenters. The Kier molecular flexibility index (Phi) is 4.25. The predicted molar refractivity (Wildman–Crippen MR) is 71.6 cm³/mol. The number of hydrogen-bond acceptors (Lipinski definition) is 2. The van der Waals surface area contributed by atoms with Crippen LogP contribution in [0.2, 0.25) is 0 Å². The van der Waals surface area contributed by atoms with Crippen LogP contribution >= 0.6 is 0 Å². The first-order chi connectivity index (χ1) is 8.77. The van der Waals surface area contributed by atoms with E-state index in [-0.39, 0.29) is 5.91 Å². The van der Waals surface area contributed by atoms with Gasteiger partial charge in [0.05, 0.1) is 12.7 Å². The molecule has 0 aliphatic carbocycles. The summed E-state index contributed by atoms with van der Waals surface area (Å²) in [7, 11) is 0. The Morgan fingerprint density at radius 2 is 2.22 bits per heavy atom. The van der Waals surface area contributed by atoms with Gasteiger partial charge in [-0.2, -0.15) is 0 Å². The van der Waals surface area contributed by atoms with Gasteiger partial charge in [0.2, 0.25) is 0 Å². The molecule has 1 amide bonds. The number of benzene rings is 1. The number of nitrogens with zero attached hydrogens (tertiary/aromatic N) is 1. The van der Waals surface area contributed by atoms with E-state index < -0.39 is 0 Å². The molecular formula is C14H18N3O+. The molecule has 1 aromatic carbocycles. The first-order valence-corrected chi connectivity index (χ1v) is 6.17. The van der Waals surface area contributed by atoms with E-state index in [1.807, 2.05) is 43.7 Å². The molecule has 4 nitrogen and oxygen atoms in total. The summed E-state index contributed by atoms with van der Waals surface area (Å²) < 4.78 is 0. The molecule has 2 N–H and O–H groups in total. The largest absolute Gasteiger partial charge is 0.352 e. The molecule has 2 rings (SSSR count). The van der Waals surface area contributed by atoms with Gasteiger partial charge >= 0.3 is 0 Å². The van der Waals surface area contributed by atoms with Crippen LogP contribution in [0, 0.1) is 6.92 Å². The van der Waals surface area contributed by atoms with Crippen LogP contribution in [0.25, 0.3) is 0 Å². The fourth-order valence-corrected chi connectivity index (χ4v) is 1.89. The van der Waals surface area contributed by atoms with Crippen molar-refractivity contribution >= 4 is 12.2 Å². The Labute approximate surface area is 107 Å². The Morgan fingerprint density at radius 3 is 2.94 bits per heavy atom. The molecule has 4 heteroatoms. The Hall–Kier alpha value is -1.94. The summed E-state index contributed by atoms with van der Waals surface area (Å²) >= 11 is 0. The minimum absolute atomic E-state index is 0.00808. The topological polar surface area (TPSA) is 45.9 Å². The minimum atomic E-state index is 0.00808. The van der Waals surface area contributed by atoms with Crippen LogP contribution in [0.3, 0.4) is 0 Å². The molecule has 0 aromatic heterocycles. The Balaban J connectivity index is 1.73. The van der Waals surface area contributed by atoms with Gasteiger partial charge in [0.1, 0.15) is 6.20 Å². The van der Waals surface area contributed by atoms with E-state index >= 15 is 0 Å². The number of rotatable bonds is 5. The molecule has 0 fully saturated rings. The molecule has 1 aliphatic heterocycles. The van der Waals surface area contributed by atoms with Crippen molar-refractivity contribution in [2.45, 2.75) is 13.3 Å². The molecule has 18 heavy (non-hydrogen) atoms. The standard InChI is InChI=1S/C14H17N3O/c1-12-5-2-3-6-13(12)14(18)16-7-4-9-17-10-8-15-11-17/h2-3,5-6,8,10-11H,4,7,9H2,1H3,(H,16,18)/p+1. The van der Waals surface area contributed by atoms with Gasteiger partial charge in [-0.15, -0.1) is 0 Å². The Morgan fingerprint density at radius 1 is 1.39 bits per heavy atom. The van der Waals surface area contributed by atoms with E-state index in [9.17, 15) is 4.79 Å². The summed E-state index contributed by atoms with van der Waals surface area (Å²) in [6.07, 6.45) is 6.59. The van der Waals surface area contributed by atoms with Crippen molar-refractivity contribution in [3.05, 3.63) is 47.8 Å². The van der Waals surface area contributed by atoms with Crippen LogP contribution in [0.15, 0.2) is 41.7 Å². The highest BCUT2D eigenvalue weighted by Crippen LogP contribution is 2.06. The van der Waals surface area contributed by atoms with Crippen molar-refractivity contribution in [2.75, 3.05) is 13.1 Å². The van der Waals surface area contributed by atoms with Gasteiger partial charge in [0, 0.05) is 18.5 Å². The lowest BCUT2D eigenvalue weighted by Crippen LogP contribution is -3.05. The molecular weight excluding hydrogens is 226 g/mol. The lowest BCUT2D eigenvalue weighted by Gasteiger charge is -2.08. The van der Waals surface area contributed by atoms with Crippen LogP contribution in [-0.4, -0.2) is 25.3 Å². The summed E-state index contributed by atoms with van der Waals surface area (Å²) in [5.41, 5.74) is 1.77. The zero-order chi connectivity index (χ0) is 12.8. The highest BCUT2D eigenvalue weighted by Gasteiger charge is 2.08. The van der Waals surface area contributed by atoms with E-state index in [2.05, 4.69) is 10.3 Å². The molecule has 0 bridgehead atoms. The first-order valence-electron chi connectivity index (χ1n) is 6.17. The number of carbonyl (C=O) groups excluding carboxylic acids is 1. The average molecular weight is 244 g/mol. The van der Waals surface area contributed by atoms with E-state index in [0.29, 0.717) is 6.54 Å². The highest BCUT2D eigenvalue weighted by molar-refractivity contribution is 5.95. The quantitative estimate of drug-likeness (QED) is 0.729. The molecule has 1 atom stereocenters. The van der Waals surface area contributed by atoms with E-state index in [4.69, 9.17) is 0 Å². The second-order valence-electron chi connectivity index (χ2n) is 4.34. The van der Waals surface area contributed by atoms with E-state index in [1.165, 1.54) is 4.90 Å². The third-order valence-corrected chi connectivity index (χ3v) is 2.93. The lowest BCUT2D eigenvalue weighted by atomic mass is 10.1. The van der Waals surface area contributed by atoms with Crippen molar-refractivity contribution in [1.82, 2.24) is 5.32 Å². The smallest absolute Gasteiger partial charge is 0.251 e. The molecule has 0 saturated carbocycles. The number of carbonyl (C=O) groups is 1. The second-order valence-corrected chi connectivity index (χ2v) is 4.34. The maximum atomic E-state index is 11.9. The zero-order valence-corrected chi connectivity index (χ0v) is 10.5. The summed E-state index contributed by atoms with van der Waals surface area (Å²) in [6, 6.07) is 7.63. The predicted octanol–water partition coefficient (Wildman–Crippen LogP) is 0.513. The fraction of sp³-hybridized carbons (Fsp3) is 0.286. The highest BCUT2D eigenvalue weighted by atomic mass is 16.1. The summed E-state index contributed by atoms with van der Waals surface area (Å²) in [6.45, 7) is 3.59. The van der Waals surface area contributed by atoms with Gasteiger partial charge in [0.25, 0.3) is 5.91 Å². The van der Waals surface area contributed by atoms with Gasteiger partial charge in [-0.1, -0.05) is 18.2 Å². The maximum absolute atomic E-state index is 11.9. The van der Waals surface area contributed by atoms with Crippen molar-refractivity contribution in [1.29, 1.82) is 0 Å². The summed E-state index contributed by atoms with van der Waals surface area (Å²) in [5, 5.41) is 2.94. The van der Waals surface area contributed by atoms with Gasteiger partial charge in [0.15, 0.2) is 6.34 Å². The van der Waals surface area contributed by atoms with Gasteiger partial charge in [-0.05, 0) is 18.6 Å². The van der Waals surface area contributed by atoms with Gasteiger partial charge in [-0.25, -0.2) is 4.99 Å². The summed E-state index contributed by atoms with van der Waals surface area (Å²) in [4.78, 5) is 17.1. The number of amides is 1. The molecule has 94 valence electrons. The summed E-state index contributed by atoms with van der Waals surface area (Å²) in [5.74, 6) is 0.00808. The minimum Gasteiger partial charge on any atom is -0.352 e. The van der Waals surface area contributed by atoms with Crippen LogP contribution in [-0.2, 0) is 0 Å². The molecule has 0 saturated heterocycles. The lowest BCUT2D eigenvalue weighted by molar-refractivity contribution is -0.736. The second kappa shape index (κ2) is 6.12. The number of hydrogen-bond donors (Lipinski definition) is 2. The first kappa shape index (κ1) is 12.5. The zero-order valence-electron chi connectivity index (χ0n) is 10.5. The monoisotopic (exact) mass is 244 g/mol. The number of nitrogens with one attached hydrogen (secondary N) is 2. The maximum Gasteiger partial charge on any atom is 0.251 e. The number of aryl methyl sites for hydroxylation is 1. The molecule has 0 radical (unpaired) electrons. The molecule has 1 aromatic rings. The van der Waals surface area contributed by atoms with Gasteiger partial charge < -0.3 is 5.32 Å². The van der Waals surface area contributed by atoms with Gasteiger partial charge in [-0.3, -0.25) is 9.69 Å². The average Bonchev–Trinajstić information content (AvgIpc) is 2.88. The van der Waals surface area contributed by atoms with Crippen molar-refractivity contribution in [3.63, 3.8) is 0 Å². The third kappa shape index (κ3) is 3.28. The molecule has 1 heterocycles. The van der Waals surface area contributed by atoms with Crippen LogP contribution < -0.4 is 10.2 Å². The van der Waals surface area contributed by atoms with Crippen LogP contribution in [0.4, 0.5) is 0 Å². The van der Waals surface area contributed by atoms with Crippen LogP contribution in [0.1, 0.15) is 22.3 Å². The van der Waals surface area contributed by atoms with Crippen LogP contribution in [0.5, 0.6) is 0 Å². The fourth-order valence-electron chi connectivity index (χ4n) is 1.89. The number of aliphatic imine (C=N–C) groups is 1.